The molecular formula is C20H23N7. The number of rotatable bonds is 4. The lowest BCUT2D eigenvalue weighted by Gasteiger charge is -2.07. The lowest BCUT2D eigenvalue weighted by Crippen LogP contribution is -2.04. The van der Waals surface area contributed by atoms with Gasteiger partial charge in [0, 0.05) is 25.7 Å². The van der Waals surface area contributed by atoms with Gasteiger partial charge in [-0.05, 0) is 56.4 Å². The van der Waals surface area contributed by atoms with E-state index in [-0.39, 0.29) is 0 Å². The monoisotopic (exact) mass is 361 g/mol. The van der Waals surface area contributed by atoms with Gasteiger partial charge in [-0.2, -0.15) is 15.3 Å². The van der Waals surface area contributed by atoms with E-state index in [1.54, 1.807) is 0 Å². The largest absolute Gasteiger partial charge is 0.276 e. The molecule has 0 spiro atoms. The van der Waals surface area contributed by atoms with E-state index in [0.717, 1.165) is 47.0 Å². The highest BCUT2D eigenvalue weighted by Crippen LogP contribution is 2.54. The van der Waals surface area contributed by atoms with Crippen LogP contribution in [0, 0.1) is 13.8 Å². The molecule has 0 N–H and O–H groups in total. The van der Waals surface area contributed by atoms with Gasteiger partial charge in [0.25, 0.3) is 0 Å². The molecule has 2 atom stereocenters. The molecule has 1 saturated carbocycles. The van der Waals surface area contributed by atoms with E-state index in [1.807, 2.05) is 35.6 Å². The zero-order chi connectivity index (χ0) is 18.7. The molecule has 4 heterocycles. The molecule has 5 rings (SSSR count). The van der Waals surface area contributed by atoms with E-state index < -0.39 is 0 Å². The molecule has 7 nitrogen and oxygen atoms in total. The van der Waals surface area contributed by atoms with Crippen LogP contribution in [0.1, 0.15) is 47.7 Å². The molecule has 0 bridgehead atoms. The van der Waals surface area contributed by atoms with E-state index in [4.69, 9.17) is 10.2 Å². The first-order valence-corrected chi connectivity index (χ1v) is 9.43. The van der Waals surface area contributed by atoms with Crippen LogP contribution in [-0.4, -0.2) is 34.2 Å². The Kier molecular flexibility index (Phi) is 3.47. The summed E-state index contributed by atoms with van der Waals surface area (Å²) in [5.74, 6) is 1.00. The van der Waals surface area contributed by atoms with Gasteiger partial charge in [0.2, 0.25) is 0 Å². The van der Waals surface area contributed by atoms with Crippen LogP contribution in [-0.2, 0) is 13.6 Å². The SMILES string of the molecule is CCn1nc(C2CC2c2cnn(C)c2)cc1-c1cc(C)c2ncc(C)n2n1. The first-order chi connectivity index (χ1) is 13.0. The number of aromatic nitrogens is 7. The quantitative estimate of drug-likeness (QED) is 0.560. The zero-order valence-corrected chi connectivity index (χ0v) is 16.1. The Balaban J connectivity index is 1.53. The number of hydrogen-bond acceptors (Lipinski definition) is 4. The maximum Gasteiger partial charge on any atom is 0.156 e. The molecular weight excluding hydrogens is 338 g/mol. The maximum atomic E-state index is 4.89. The van der Waals surface area contributed by atoms with Crippen LogP contribution in [0.2, 0.25) is 0 Å². The highest BCUT2D eigenvalue weighted by atomic mass is 15.3. The molecule has 1 aliphatic carbocycles. The third-order valence-electron chi connectivity index (χ3n) is 5.51. The molecule has 1 fully saturated rings. The molecule has 7 heteroatoms. The topological polar surface area (TPSA) is 65.8 Å². The Labute approximate surface area is 157 Å². The third-order valence-corrected chi connectivity index (χ3v) is 5.51. The first kappa shape index (κ1) is 16.2. The molecule has 4 aromatic rings. The van der Waals surface area contributed by atoms with Crippen LogP contribution in [0.3, 0.4) is 0 Å². The second-order valence-electron chi connectivity index (χ2n) is 7.51. The minimum atomic E-state index is 0.473. The Bertz CT molecular complexity index is 1150. The van der Waals surface area contributed by atoms with E-state index in [9.17, 15) is 0 Å². The van der Waals surface area contributed by atoms with Gasteiger partial charge in [-0.15, -0.1) is 0 Å². The molecule has 0 saturated heterocycles. The van der Waals surface area contributed by atoms with Crippen LogP contribution < -0.4 is 0 Å². The van der Waals surface area contributed by atoms with Crippen molar-refractivity contribution in [1.82, 2.24) is 34.2 Å². The minimum absolute atomic E-state index is 0.473. The minimum Gasteiger partial charge on any atom is -0.276 e. The van der Waals surface area contributed by atoms with E-state index >= 15 is 0 Å². The summed E-state index contributed by atoms with van der Waals surface area (Å²) in [6.45, 7) is 7.06. The van der Waals surface area contributed by atoms with Crippen molar-refractivity contribution in [2.75, 3.05) is 0 Å². The van der Waals surface area contributed by atoms with E-state index in [1.165, 1.54) is 5.56 Å². The fourth-order valence-corrected chi connectivity index (χ4v) is 3.94. The number of imidazole rings is 1. The second-order valence-corrected chi connectivity index (χ2v) is 7.51. The fraction of sp³-hybridized carbons (Fsp3) is 0.400. The molecule has 0 radical (unpaired) electrons. The van der Waals surface area contributed by atoms with Crippen LogP contribution in [0.4, 0.5) is 0 Å². The molecule has 27 heavy (non-hydrogen) atoms. The van der Waals surface area contributed by atoms with Gasteiger partial charge < -0.3 is 0 Å². The smallest absolute Gasteiger partial charge is 0.156 e. The average Bonchev–Trinajstić information content (AvgIpc) is 2.98. The Morgan fingerprint density at radius 1 is 1.11 bits per heavy atom. The molecule has 0 amide bonds. The predicted octanol–water partition coefficient (Wildman–Crippen LogP) is 3.23. The first-order valence-electron chi connectivity index (χ1n) is 9.43. The summed E-state index contributed by atoms with van der Waals surface area (Å²) < 4.78 is 5.86. The lowest BCUT2D eigenvalue weighted by molar-refractivity contribution is 0.650. The summed E-state index contributed by atoms with van der Waals surface area (Å²) in [4.78, 5) is 4.45. The Morgan fingerprint density at radius 2 is 1.96 bits per heavy atom. The maximum absolute atomic E-state index is 4.89. The summed E-state index contributed by atoms with van der Waals surface area (Å²) in [5, 5.41) is 14.0. The van der Waals surface area contributed by atoms with Crippen molar-refractivity contribution in [2.45, 2.75) is 45.6 Å². The Hall–Kier alpha value is -2.96. The molecule has 2 unspecified atom stereocenters. The van der Waals surface area contributed by atoms with Crippen LogP contribution in [0.15, 0.2) is 30.7 Å². The summed E-state index contributed by atoms with van der Waals surface area (Å²) in [5.41, 5.74) is 7.55. The number of aryl methyl sites for hydroxylation is 4. The Morgan fingerprint density at radius 3 is 2.70 bits per heavy atom. The number of fused-ring (bicyclic) bond motifs is 1. The van der Waals surface area contributed by atoms with Crippen LogP contribution >= 0.6 is 0 Å². The van der Waals surface area contributed by atoms with Gasteiger partial charge in [-0.3, -0.25) is 9.36 Å². The van der Waals surface area contributed by atoms with Crippen LogP contribution in [0.25, 0.3) is 17.0 Å². The lowest BCUT2D eigenvalue weighted by atomic mass is 10.1. The molecule has 0 aliphatic heterocycles. The molecule has 4 aromatic heterocycles. The highest BCUT2D eigenvalue weighted by molar-refractivity contribution is 5.61. The predicted molar refractivity (Wildman–Crippen MR) is 103 cm³/mol. The molecule has 0 aromatic carbocycles. The van der Waals surface area contributed by atoms with Gasteiger partial charge >= 0.3 is 0 Å². The van der Waals surface area contributed by atoms with Crippen molar-refractivity contribution in [3.63, 3.8) is 0 Å². The summed E-state index contributed by atoms with van der Waals surface area (Å²) in [7, 11) is 1.97. The van der Waals surface area contributed by atoms with Gasteiger partial charge in [0.05, 0.1) is 29.5 Å². The normalized spacial score (nSPS) is 19.1. The van der Waals surface area contributed by atoms with Crippen LogP contribution in [0.5, 0.6) is 0 Å². The van der Waals surface area contributed by atoms with Crippen molar-refractivity contribution in [3.8, 4) is 11.4 Å². The van der Waals surface area contributed by atoms with Crippen molar-refractivity contribution >= 4 is 5.65 Å². The highest BCUT2D eigenvalue weighted by Gasteiger charge is 2.42. The van der Waals surface area contributed by atoms with Crippen molar-refractivity contribution < 1.29 is 0 Å². The van der Waals surface area contributed by atoms with Gasteiger partial charge in [-0.1, -0.05) is 0 Å². The van der Waals surface area contributed by atoms with Crippen molar-refractivity contribution in [2.24, 2.45) is 7.05 Å². The average molecular weight is 361 g/mol. The van der Waals surface area contributed by atoms with Gasteiger partial charge in [0.15, 0.2) is 5.65 Å². The standard InChI is InChI=1S/C20H23N7/c1-5-26-19(18-6-12(2)20-21-9-13(3)27(20)24-18)8-17(23-26)16-7-15(16)14-10-22-25(4)11-14/h6,8-11,15-16H,5,7H2,1-4H3. The number of nitrogens with zero attached hydrogens (tertiary/aromatic N) is 7. The van der Waals surface area contributed by atoms with E-state index in [2.05, 4.69) is 46.9 Å². The summed E-state index contributed by atoms with van der Waals surface area (Å²) >= 11 is 0. The molecule has 138 valence electrons. The van der Waals surface area contributed by atoms with Gasteiger partial charge in [-0.25, -0.2) is 9.50 Å². The summed E-state index contributed by atoms with van der Waals surface area (Å²) in [6, 6.07) is 4.32. The van der Waals surface area contributed by atoms with E-state index in [0.29, 0.717) is 11.8 Å². The van der Waals surface area contributed by atoms with Gasteiger partial charge in [0.1, 0.15) is 5.69 Å². The molecule has 1 aliphatic rings. The summed E-state index contributed by atoms with van der Waals surface area (Å²) in [6.07, 6.45) is 7.09. The number of hydrogen-bond donors (Lipinski definition) is 0. The fourth-order valence-electron chi connectivity index (χ4n) is 3.94. The third kappa shape index (κ3) is 2.57. The van der Waals surface area contributed by atoms with Crippen molar-refractivity contribution in [1.29, 1.82) is 0 Å². The second kappa shape index (κ2) is 5.77. The zero-order valence-electron chi connectivity index (χ0n) is 16.1. The van der Waals surface area contributed by atoms with Crippen molar-refractivity contribution in [3.05, 3.63) is 53.2 Å².